The van der Waals surface area contributed by atoms with Crippen LogP contribution >= 0.6 is 0 Å². The lowest BCUT2D eigenvalue weighted by Crippen LogP contribution is -2.61. The zero-order valence-corrected chi connectivity index (χ0v) is 41.5. The van der Waals surface area contributed by atoms with Crippen LogP contribution in [-0.4, -0.2) is 143 Å². The molecule has 1 saturated heterocycles. The number of amides is 9. The molecule has 1 fully saturated rings. The fraction of sp³-hybridized carbons (Fsp3) is 0.458. The second-order valence-electron chi connectivity index (χ2n) is 17.8. The molecule has 1 aliphatic rings. The van der Waals surface area contributed by atoms with Gasteiger partial charge in [-0.05, 0) is 62.1 Å². The number of aliphatic carboxylic acids is 1. The van der Waals surface area contributed by atoms with Crippen LogP contribution in [0.4, 0.5) is 0 Å². The number of benzene rings is 2. The molecule has 4 rings (SSSR count). The van der Waals surface area contributed by atoms with Crippen LogP contribution in [0.15, 0.2) is 70.8 Å². The van der Waals surface area contributed by atoms with E-state index in [0.29, 0.717) is 11.1 Å². The van der Waals surface area contributed by atoms with E-state index in [1.807, 2.05) is 18.2 Å². The van der Waals surface area contributed by atoms with Crippen LogP contribution in [-0.2, 0) is 60.8 Å². The van der Waals surface area contributed by atoms with Crippen molar-refractivity contribution in [2.45, 2.75) is 120 Å². The van der Waals surface area contributed by atoms with Crippen molar-refractivity contribution >= 4 is 82.0 Å². The summed E-state index contributed by atoms with van der Waals surface area (Å²) in [5.74, 6) is -10.2. The fourth-order valence-electron chi connectivity index (χ4n) is 8.05. The van der Waals surface area contributed by atoms with Crippen molar-refractivity contribution < 1.29 is 53.1 Å². The number of nitrogens with one attached hydrogen (secondary N) is 9. The predicted octanol–water partition coefficient (Wildman–Crippen LogP) is -3.88. The number of guanidine groups is 2. The van der Waals surface area contributed by atoms with Crippen LogP contribution in [0, 0.1) is 0 Å². The maximum absolute atomic E-state index is 14.5. The molecule has 1 unspecified atom stereocenters. The SMILES string of the molecule is CC(=O)N[C@@H](CCCN=C(N)N)C(=O)N[C@H]1CC(=O)NCCCCC(C(N)=O)NC(=O)[C@H](Cc2c[nH]c3ccccc23)NC(=O)[C@H](CCCN=C(N)N)NC(=O)[C@@H](Cc2ccccc2)NC(=O)[C@@H](CC(=O)O)NC1=O. The molecule has 2 heterocycles. The number of carbonyl (C=O) groups is 10. The first-order valence-electron chi connectivity index (χ1n) is 24.3. The molecule has 406 valence electrons. The highest BCUT2D eigenvalue weighted by Crippen LogP contribution is 2.20. The number of carbonyl (C=O) groups excluding carboxylic acids is 9. The van der Waals surface area contributed by atoms with Crippen LogP contribution in [0.1, 0.15) is 75.8 Å². The van der Waals surface area contributed by atoms with Crippen molar-refractivity contribution in [2.24, 2.45) is 38.7 Å². The van der Waals surface area contributed by atoms with Gasteiger partial charge < -0.3 is 81.3 Å². The Bertz CT molecular complexity index is 2560. The molecule has 3 aromatic rings. The number of carboxylic acid groups (broad SMARTS) is 1. The summed E-state index contributed by atoms with van der Waals surface area (Å²) in [6.07, 6.45) is 0.0388. The van der Waals surface area contributed by atoms with Crippen LogP contribution in [0.3, 0.4) is 0 Å². The van der Waals surface area contributed by atoms with Gasteiger partial charge >= 0.3 is 5.97 Å². The Kier molecular flexibility index (Phi) is 23.3. The number of aromatic amines is 1. The third-order valence-corrected chi connectivity index (χ3v) is 11.8. The zero-order chi connectivity index (χ0) is 55.0. The van der Waals surface area contributed by atoms with Gasteiger partial charge in [0.2, 0.25) is 53.2 Å². The second-order valence-corrected chi connectivity index (χ2v) is 17.8. The number of fused-ring (bicyclic) bond motifs is 1. The third kappa shape index (κ3) is 20.3. The Hall–Kier alpha value is -8.78. The Morgan fingerprint density at radius 1 is 0.707 bits per heavy atom. The summed E-state index contributed by atoms with van der Waals surface area (Å²) in [7, 11) is 0. The number of nitrogens with zero attached hydrogens (tertiary/aromatic N) is 2. The van der Waals surface area contributed by atoms with E-state index in [2.05, 4.69) is 57.5 Å². The highest BCUT2D eigenvalue weighted by atomic mass is 16.4. The quantitative estimate of drug-likeness (QED) is 0.0329. The molecule has 20 N–H and O–H groups in total. The summed E-state index contributed by atoms with van der Waals surface area (Å²) in [6.45, 7) is 1.18. The molecule has 0 spiro atoms. The van der Waals surface area contributed by atoms with Crippen molar-refractivity contribution in [1.29, 1.82) is 0 Å². The lowest BCUT2D eigenvalue weighted by atomic mass is 10.0. The molecule has 2 aromatic carbocycles. The van der Waals surface area contributed by atoms with E-state index in [-0.39, 0.29) is 89.3 Å². The highest BCUT2D eigenvalue weighted by molar-refractivity contribution is 6.00. The first-order chi connectivity index (χ1) is 35.7. The largest absolute Gasteiger partial charge is 0.481 e. The molecule has 27 heteroatoms. The Morgan fingerprint density at radius 3 is 1.95 bits per heavy atom. The van der Waals surface area contributed by atoms with E-state index < -0.39 is 114 Å². The molecule has 1 aromatic heterocycles. The van der Waals surface area contributed by atoms with E-state index in [9.17, 15) is 53.1 Å². The van der Waals surface area contributed by atoms with Crippen molar-refractivity contribution in [3.05, 3.63) is 71.9 Å². The minimum atomic E-state index is -1.93. The highest BCUT2D eigenvalue weighted by Gasteiger charge is 2.36. The third-order valence-electron chi connectivity index (χ3n) is 11.8. The fourth-order valence-corrected chi connectivity index (χ4v) is 8.05. The number of para-hydroxylation sites is 1. The molecule has 27 nitrogen and oxygen atoms in total. The number of aliphatic imine (C=N–C) groups is 2. The number of hydrogen-bond acceptors (Lipinski definition) is 12. The standard InChI is InChI=1S/C48H68N16O11/c1-26(65)58-32(16-9-19-55-47(50)51)41(70)63-36-23-38(66)54-18-8-7-15-31(40(49)69)59-44(73)35(22-28-25-57-30-14-6-5-13-29(28)30)62-42(71)33(17-10-20-56-48(52)53)60-43(72)34(21-27-11-3-2-4-12-27)61-46(75)37(24-39(67)68)64-45(36)74/h2-6,11-14,25,31-37,57H,7-10,15-24H2,1H3,(H2,49,69)(H,54,66)(H,58,65)(H,59,73)(H,60,72)(H,61,75)(H,62,71)(H,63,70)(H,64,74)(H,67,68)(H4,50,51,55)(H4,52,53,56)/t31?,32-,33-,34+,35-,36-,37+/m0/s1. The molecule has 0 saturated carbocycles. The van der Waals surface area contributed by atoms with Crippen molar-refractivity contribution in [3.8, 4) is 0 Å². The van der Waals surface area contributed by atoms with Gasteiger partial charge in [-0.1, -0.05) is 48.5 Å². The minimum absolute atomic E-state index is 0.0121. The second kappa shape index (κ2) is 29.7. The zero-order valence-electron chi connectivity index (χ0n) is 41.5. The lowest BCUT2D eigenvalue weighted by molar-refractivity contribution is -0.142. The number of carboxylic acids is 1. The van der Waals surface area contributed by atoms with Gasteiger partial charge in [-0.3, -0.25) is 57.9 Å². The summed E-state index contributed by atoms with van der Waals surface area (Å²) >= 11 is 0. The number of aromatic nitrogens is 1. The average molecular weight is 1050 g/mol. The van der Waals surface area contributed by atoms with Crippen LogP contribution in [0.5, 0.6) is 0 Å². The molecule has 9 amide bonds. The first-order valence-corrected chi connectivity index (χ1v) is 24.3. The van der Waals surface area contributed by atoms with Gasteiger partial charge in [-0.15, -0.1) is 0 Å². The van der Waals surface area contributed by atoms with Crippen LogP contribution < -0.4 is 71.2 Å². The van der Waals surface area contributed by atoms with Crippen molar-refractivity contribution in [1.82, 2.24) is 47.5 Å². The van der Waals surface area contributed by atoms with Crippen LogP contribution in [0.25, 0.3) is 10.9 Å². The summed E-state index contributed by atoms with van der Waals surface area (Å²) < 4.78 is 0. The van der Waals surface area contributed by atoms with Gasteiger partial charge in [-0.2, -0.15) is 0 Å². The van der Waals surface area contributed by atoms with Crippen molar-refractivity contribution in [3.63, 3.8) is 0 Å². The Morgan fingerprint density at radius 2 is 1.29 bits per heavy atom. The summed E-state index contributed by atoms with van der Waals surface area (Å²) in [4.78, 5) is 147. The minimum Gasteiger partial charge on any atom is -0.481 e. The lowest BCUT2D eigenvalue weighted by Gasteiger charge is -2.27. The normalized spacial score (nSPS) is 21.0. The molecule has 7 atom stereocenters. The summed E-state index contributed by atoms with van der Waals surface area (Å²) in [5, 5.41) is 31.0. The van der Waals surface area contributed by atoms with Gasteiger partial charge in [0.15, 0.2) is 11.9 Å². The van der Waals surface area contributed by atoms with E-state index in [1.165, 1.54) is 0 Å². The molecular weight excluding hydrogens is 977 g/mol. The molecule has 1 aliphatic heterocycles. The molecule has 0 radical (unpaired) electrons. The predicted molar refractivity (Wildman–Crippen MR) is 274 cm³/mol. The van der Waals surface area contributed by atoms with Crippen molar-refractivity contribution in [2.75, 3.05) is 19.6 Å². The van der Waals surface area contributed by atoms with Gasteiger partial charge in [0.1, 0.15) is 42.3 Å². The van der Waals surface area contributed by atoms with E-state index in [4.69, 9.17) is 28.7 Å². The van der Waals surface area contributed by atoms with Gasteiger partial charge in [-0.25, -0.2) is 0 Å². The van der Waals surface area contributed by atoms with Gasteiger partial charge in [0.25, 0.3) is 0 Å². The molecular formula is C48H68N16O11. The molecule has 0 aliphatic carbocycles. The maximum Gasteiger partial charge on any atom is 0.305 e. The molecule has 75 heavy (non-hydrogen) atoms. The monoisotopic (exact) mass is 1040 g/mol. The summed E-state index contributed by atoms with van der Waals surface area (Å²) in [5.41, 5.74) is 29.5. The van der Waals surface area contributed by atoms with E-state index in [0.717, 1.165) is 17.8 Å². The number of rotatable bonds is 18. The number of hydrogen-bond donors (Lipinski definition) is 15. The van der Waals surface area contributed by atoms with Crippen LogP contribution in [0.2, 0.25) is 0 Å². The Balaban J connectivity index is 1.78. The topological polar surface area (TPSA) is 458 Å². The van der Waals surface area contributed by atoms with Gasteiger partial charge in [0.05, 0.1) is 12.8 Å². The Labute approximate surface area is 431 Å². The first kappa shape index (κ1) is 58.8. The smallest absolute Gasteiger partial charge is 0.305 e. The summed E-state index contributed by atoms with van der Waals surface area (Å²) in [6, 6.07) is 4.89. The van der Waals surface area contributed by atoms with Gasteiger partial charge in [0, 0.05) is 56.5 Å². The number of nitrogens with two attached hydrogens (primary N) is 5. The maximum atomic E-state index is 14.5. The van der Waals surface area contributed by atoms with E-state index >= 15 is 0 Å². The van der Waals surface area contributed by atoms with E-state index in [1.54, 1.807) is 42.6 Å². The number of H-pyrrole nitrogens is 1. The number of primary amides is 1. The average Bonchev–Trinajstić information content (AvgIpc) is 3.76. The molecule has 0 bridgehead atoms.